The summed E-state index contributed by atoms with van der Waals surface area (Å²) in [6.45, 7) is 4.38. The van der Waals surface area contributed by atoms with Crippen molar-refractivity contribution >= 4 is 23.4 Å². The van der Waals surface area contributed by atoms with Crippen LogP contribution in [0.25, 0.3) is 0 Å². The van der Waals surface area contributed by atoms with E-state index < -0.39 is 0 Å². The lowest BCUT2D eigenvalue weighted by Gasteiger charge is -2.19. The minimum Gasteiger partial charge on any atom is -0.383 e. The van der Waals surface area contributed by atoms with Gasteiger partial charge in [0.25, 0.3) is 0 Å². The van der Waals surface area contributed by atoms with Crippen LogP contribution in [-0.2, 0) is 11.3 Å². The Labute approximate surface area is 112 Å². The molecule has 1 N–H and O–H groups in total. The Morgan fingerprint density at radius 3 is 3.00 bits per heavy atom. The smallest absolute Gasteiger partial charge is 0.0834 e. The van der Waals surface area contributed by atoms with Crippen LogP contribution in [0.15, 0.2) is 6.20 Å². The third-order valence-corrected chi connectivity index (χ3v) is 3.41. The van der Waals surface area contributed by atoms with Gasteiger partial charge in [-0.15, -0.1) is 0 Å². The summed E-state index contributed by atoms with van der Waals surface area (Å²) in [6.07, 6.45) is 3.80. The first-order chi connectivity index (χ1) is 8.24. The molecule has 1 unspecified atom stereocenters. The molecule has 0 saturated heterocycles. The minimum atomic E-state index is 0.238. The van der Waals surface area contributed by atoms with Gasteiger partial charge < -0.3 is 10.1 Å². The zero-order valence-electron chi connectivity index (χ0n) is 10.6. The van der Waals surface area contributed by atoms with Gasteiger partial charge >= 0.3 is 0 Å². The van der Waals surface area contributed by atoms with Crippen LogP contribution < -0.4 is 5.32 Å². The highest BCUT2D eigenvalue weighted by molar-refractivity contribution is 7.98. The average molecular weight is 278 g/mol. The van der Waals surface area contributed by atoms with Gasteiger partial charge in [-0.25, -0.2) is 0 Å². The summed E-state index contributed by atoms with van der Waals surface area (Å²) in [5, 5.41) is 8.45. The molecule has 0 aromatic carbocycles. The van der Waals surface area contributed by atoms with E-state index in [9.17, 15) is 0 Å². The Hall–Kier alpha value is -0.230. The number of thioether (sulfide) groups is 1. The molecule has 4 nitrogen and oxygen atoms in total. The molecule has 6 heteroatoms. The second kappa shape index (κ2) is 7.97. The van der Waals surface area contributed by atoms with Gasteiger partial charge in [-0.05, 0) is 12.8 Å². The molecule has 1 atom stereocenters. The zero-order valence-corrected chi connectivity index (χ0v) is 12.1. The number of rotatable bonds is 8. The summed E-state index contributed by atoms with van der Waals surface area (Å²) >= 11 is 8.01. The van der Waals surface area contributed by atoms with Gasteiger partial charge in [-0.3, -0.25) is 4.68 Å². The third kappa shape index (κ3) is 4.17. The number of halogens is 1. The molecular weight excluding hydrogens is 258 g/mol. The van der Waals surface area contributed by atoms with E-state index in [2.05, 4.69) is 23.6 Å². The van der Waals surface area contributed by atoms with Gasteiger partial charge in [0, 0.05) is 12.9 Å². The van der Waals surface area contributed by atoms with Gasteiger partial charge in [0.2, 0.25) is 0 Å². The van der Waals surface area contributed by atoms with Crippen molar-refractivity contribution in [2.45, 2.75) is 19.5 Å². The summed E-state index contributed by atoms with van der Waals surface area (Å²) in [6, 6.07) is 0.238. The molecule has 17 heavy (non-hydrogen) atoms. The van der Waals surface area contributed by atoms with Crippen LogP contribution in [0.4, 0.5) is 0 Å². The van der Waals surface area contributed by atoms with Gasteiger partial charge in [0.05, 0.1) is 36.1 Å². The highest BCUT2D eigenvalue weighted by Crippen LogP contribution is 2.25. The number of hydrogen-bond acceptors (Lipinski definition) is 4. The van der Waals surface area contributed by atoms with Crippen molar-refractivity contribution in [1.29, 1.82) is 0 Å². The molecule has 0 aliphatic heterocycles. The molecule has 0 spiro atoms. The van der Waals surface area contributed by atoms with E-state index in [0.29, 0.717) is 6.61 Å². The van der Waals surface area contributed by atoms with E-state index in [-0.39, 0.29) is 6.04 Å². The van der Waals surface area contributed by atoms with Crippen molar-refractivity contribution in [3.63, 3.8) is 0 Å². The fraction of sp³-hybridized carbons (Fsp3) is 0.727. The highest BCUT2D eigenvalue weighted by Gasteiger charge is 2.19. The second-order valence-electron chi connectivity index (χ2n) is 3.66. The molecule has 0 bridgehead atoms. The first-order valence-electron chi connectivity index (χ1n) is 5.67. The Balaban J connectivity index is 2.86. The first kappa shape index (κ1) is 14.8. The molecule has 0 fully saturated rings. The van der Waals surface area contributed by atoms with Crippen LogP contribution in [0.3, 0.4) is 0 Å². The number of aromatic nitrogens is 2. The predicted octanol–water partition coefficient (Wildman–Crippen LogP) is 2.20. The van der Waals surface area contributed by atoms with Crippen molar-refractivity contribution in [2.24, 2.45) is 0 Å². The normalized spacial score (nSPS) is 12.9. The topological polar surface area (TPSA) is 39.1 Å². The van der Waals surface area contributed by atoms with Gasteiger partial charge in [-0.2, -0.15) is 16.9 Å². The molecule has 98 valence electrons. The SMILES string of the molecule is CCNC(CSC)c1c(Cl)cnn1CCOC. The van der Waals surface area contributed by atoms with Gasteiger partial charge in [0.15, 0.2) is 0 Å². The summed E-state index contributed by atoms with van der Waals surface area (Å²) in [5.41, 5.74) is 1.06. The van der Waals surface area contributed by atoms with Crippen molar-refractivity contribution in [3.8, 4) is 0 Å². The molecule has 0 aliphatic rings. The van der Waals surface area contributed by atoms with E-state index in [1.807, 2.05) is 4.68 Å². The highest BCUT2D eigenvalue weighted by atomic mass is 35.5. The number of nitrogens with one attached hydrogen (secondary N) is 1. The van der Waals surface area contributed by atoms with Crippen molar-refractivity contribution < 1.29 is 4.74 Å². The Bertz CT molecular complexity index is 327. The number of hydrogen-bond donors (Lipinski definition) is 1. The molecule has 1 heterocycles. The van der Waals surface area contributed by atoms with Crippen LogP contribution >= 0.6 is 23.4 Å². The standard InChI is InChI=1S/C11H20ClN3OS/c1-4-13-10(8-17-3)11-9(12)7-14-15(11)5-6-16-2/h7,10,13H,4-6,8H2,1-3H3. The van der Waals surface area contributed by atoms with E-state index in [1.54, 1.807) is 25.1 Å². The van der Waals surface area contributed by atoms with Crippen LogP contribution in [0.2, 0.25) is 5.02 Å². The largest absolute Gasteiger partial charge is 0.383 e. The summed E-state index contributed by atoms with van der Waals surface area (Å²) in [7, 11) is 1.69. The molecular formula is C11H20ClN3OS. The summed E-state index contributed by atoms with van der Waals surface area (Å²) in [5.74, 6) is 0.978. The van der Waals surface area contributed by atoms with Crippen molar-refractivity contribution in [3.05, 3.63) is 16.9 Å². The maximum atomic E-state index is 6.22. The molecule has 0 saturated carbocycles. The molecule has 1 rings (SSSR count). The third-order valence-electron chi connectivity index (χ3n) is 2.45. The first-order valence-corrected chi connectivity index (χ1v) is 7.44. The van der Waals surface area contributed by atoms with E-state index in [4.69, 9.17) is 16.3 Å². The quantitative estimate of drug-likeness (QED) is 0.791. The van der Waals surface area contributed by atoms with Gasteiger partial charge in [-0.1, -0.05) is 18.5 Å². The summed E-state index contributed by atoms with van der Waals surface area (Å²) < 4.78 is 7.01. The molecule has 1 aromatic rings. The van der Waals surface area contributed by atoms with E-state index in [1.165, 1.54) is 0 Å². The predicted molar refractivity (Wildman–Crippen MR) is 73.9 cm³/mol. The Kier molecular flexibility index (Phi) is 6.96. The van der Waals surface area contributed by atoms with Crippen LogP contribution in [0.1, 0.15) is 18.7 Å². The van der Waals surface area contributed by atoms with Crippen LogP contribution in [0.5, 0.6) is 0 Å². The lowest BCUT2D eigenvalue weighted by Crippen LogP contribution is -2.26. The fourth-order valence-electron chi connectivity index (χ4n) is 1.72. The molecule has 1 aromatic heterocycles. The molecule has 0 amide bonds. The molecule has 0 radical (unpaired) electrons. The molecule has 0 aliphatic carbocycles. The summed E-state index contributed by atoms with van der Waals surface area (Å²) in [4.78, 5) is 0. The van der Waals surface area contributed by atoms with E-state index >= 15 is 0 Å². The average Bonchev–Trinajstić information content (AvgIpc) is 2.67. The van der Waals surface area contributed by atoms with Crippen LogP contribution in [-0.4, -0.2) is 42.1 Å². The number of ether oxygens (including phenoxy) is 1. The number of nitrogens with zero attached hydrogens (tertiary/aromatic N) is 2. The van der Waals surface area contributed by atoms with Gasteiger partial charge in [0.1, 0.15) is 0 Å². The second-order valence-corrected chi connectivity index (χ2v) is 4.98. The zero-order chi connectivity index (χ0) is 12.7. The maximum Gasteiger partial charge on any atom is 0.0834 e. The minimum absolute atomic E-state index is 0.238. The lowest BCUT2D eigenvalue weighted by molar-refractivity contribution is 0.182. The van der Waals surface area contributed by atoms with Crippen molar-refractivity contribution in [1.82, 2.24) is 15.1 Å². The lowest BCUT2D eigenvalue weighted by atomic mass is 10.2. The fourth-order valence-corrected chi connectivity index (χ4v) is 2.60. The van der Waals surface area contributed by atoms with Crippen LogP contribution in [0, 0.1) is 0 Å². The van der Waals surface area contributed by atoms with Crippen molar-refractivity contribution in [2.75, 3.05) is 32.3 Å². The Morgan fingerprint density at radius 2 is 2.41 bits per heavy atom. The van der Waals surface area contributed by atoms with E-state index in [0.717, 1.165) is 29.6 Å². The monoisotopic (exact) mass is 277 g/mol. The Morgan fingerprint density at radius 1 is 1.65 bits per heavy atom. The number of methoxy groups -OCH3 is 1. The maximum absolute atomic E-state index is 6.22.